The summed E-state index contributed by atoms with van der Waals surface area (Å²) in [7, 11) is 0. The van der Waals surface area contributed by atoms with Crippen LogP contribution in [0.15, 0.2) is 18.2 Å². The number of carbonyl (C=O) groups excluding carboxylic acids is 1. The van der Waals surface area contributed by atoms with E-state index in [4.69, 9.17) is 11.5 Å². The van der Waals surface area contributed by atoms with Crippen LogP contribution in [0, 0.1) is 5.41 Å². The topological polar surface area (TPSA) is 81.1 Å². The van der Waals surface area contributed by atoms with Crippen molar-refractivity contribution in [2.75, 3.05) is 18.0 Å². The fraction of sp³-hybridized carbons (Fsp3) is 0.417. The first kappa shape index (κ1) is 13.5. The lowest BCUT2D eigenvalue weighted by Gasteiger charge is -2.19. The molecule has 0 spiro atoms. The molecule has 1 aromatic carbocycles. The van der Waals surface area contributed by atoms with Gasteiger partial charge in [-0.25, -0.2) is 0 Å². The van der Waals surface area contributed by atoms with Crippen LogP contribution in [0.5, 0.6) is 0 Å². The number of anilines is 2. The molecule has 7 heteroatoms. The Labute approximate surface area is 108 Å². The minimum Gasteiger partial charge on any atom is -0.397 e. The zero-order valence-electron chi connectivity index (χ0n) is 10.1. The fourth-order valence-electron chi connectivity index (χ4n) is 1.78. The number of carbonyl (C=O) groups is 1. The first-order chi connectivity index (χ1) is 8.75. The van der Waals surface area contributed by atoms with Crippen molar-refractivity contribution in [3.63, 3.8) is 0 Å². The molecular formula is C12H14F3N3O. The molecule has 19 heavy (non-hydrogen) atoms. The van der Waals surface area contributed by atoms with Gasteiger partial charge in [-0.3, -0.25) is 4.79 Å². The molecular weight excluding hydrogens is 259 g/mol. The van der Waals surface area contributed by atoms with Crippen molar-refractivity contribution in [1.82, 2.24) is 5.32 Å². The maximum absolute atomic E-state index is 12.7. The Morgan fingerprint density at radius 1 is 1.26 bits per heavy atom. The average Bonchev–Trinajstić information content (AvgIpc) is 3.10. The van der Waals surface area contributed by atoms with E-state index in [1.807, 2.05) is 0 Å². The first-order valence-electron chi connectivity index (χ1n) is 5.75. The highest BCUT2D eigenvalue weighted by atomic mass is 19.4. The molecule has 1 aliphatic carbocycles. The summed E-state index contributed by atoms with van der Waals surface area (Å²) in [6.45, 7) is -0.403. The molecule has 0 aliphatic heterocycles. The molecule has 0 saturated heterocycles. The number of halogens is 3. The highest BCUT2D eigenvalue weighted by Crippen LogP contribution is 2.57. The van der Waals surface area contributed by atoms with Crippen LogP contribution < -0.4 is 16.8 Å². The van der Waals surface area contributed by atoms with Crippen LogP contribution in [-0.2, 0) is 0 Å². The van der Waals surface area contributed by atoms with Gasteiger partial charge in [0.05, 0.1) is 16.8 Å². The summed E-state index contributed by atoms with van der Waals surface area (Å²) in [5, 5.41) is 2.30. The van der Waals surface area contributed by atoms with Crippen molar-refractivity contribution in [3.8, 4) is 0 Å². The van der Waals surface area contributed by atoms with Crippen molar-refractivity contribution in [2.24, 2.45) is 5.41 Å². The van der Waals surface area contributed by atoms with Crippen LogP contribution in [0.4, 0.5) is 24.5 Å². The van der Waals surface area contributed by atoms with E-state index < -0.39 is 24.0 Å². The lowest BCUT2D eigenvalue weighted by atomic mass is 10.1. The van der Waals surface area contributed by atoms with E-state index in [1.54, 1.807) is 0 Å². The minimum absolute atomic E-state index is 0.0562. The normalized spacial score (nSPS) is 17.0. The van der Waals surface area contributed by atoms with Crippen molar-refractivity contribution in [1.29, 1.82) is 0 Å². The Morgan fingerprint density at radius 2 is 1.89 bits per heavy atom. The number of hydrogen-bond donors (Lipinski definition) is 3. The average molecular weight is 273 g/mol. The summed E-state index contributed by atoms with van der Waals surface area (Å²) in [4.78, 5) is 11.7. The lowest BCUT2D eigenvalue weighted by Crippen LogP contribution is -2.38. The minimum atomic E-state index is -4.28. The van der Waals surface area contributed by atoms with Crippen LogP contribution in [-0.4, -0.2) is 18.6 Å². The molecule has 0 radical (unpaired) electrons. The largest absolute Gasteiger partial charge is 0.397 e. The summed E-state index contributed by atoms with van der Waals surface area (Å²) in [5.41, 5.74) is 10.0. The van der Waals surface area contributed by atoms with Gasteiger partial charge < -0.3 is 16.8 Å². The number of nitrogens with one attached hydrogen (secondary N) is 1. The molecule has 1 aliphatic rings. The summed E-state index contributed by atoms with van der Waals surface area (Å²) >= 11 is 0. The van der Waals surface area contributed by atoms with Crippen molar-refractivity contribution < 1.29 is 18.0 Å². The van der Waals surface area contributed by atoms with Crippen LogP contribution in [0.1, 0.15) is 23.2 Å². The lowest BCUT2D eigenvalue weighted by molar-refractivity contribution is -0.184. The molecule has 0 unspecified atom stereocenters. The van der Waals surface area contributed by atoms with E-state index in [0.29, 0.717) is 5.69 Å². The standard InChI is InChI=1S/C12H14F3N3O/c13-12(14,15)11(3-4-11)6-18-10(19)7-1-2-8(16)9(17)5-7/h1-2,5H,3-4,6,16-17H2,(H,18,19). The number of nitrogen functional groups attached to an aromatic ring is 2. The molecule has 5 N–H and O–H groups in total. The summed E-state index contributed by atoms with van der Waals surface area (Å²) in [5.74, 6) is -0.581. The maximum Gasteiger partial charge on any atom is 0.396 e. The quantitative estimate of drug-likeness (QED) is 0.736. The Hall–Kier alpha value is -1.92. The smallest absolute Gasteiger partial charge is 0.396 e. The highest BCUT2D eigenvalue weighted by molar-refractivity contribution is 5.96. The molecule has 1 saturated carbocycles. The fourth-order valence-corrected chi connectivity index (χ4v) is 1.78. The molecule has 104 valence electrons. The number of hydrogen-bond acceptors (Lipinski definition) is 3. The van der Waals surface area contributed by atoms with Gasteiger partial charge in [-0.05, 0) is 31.0 Å². The summed E-state index contributed by atoms with van der Waals surface area (Å²) < 4.78 is 38.0. The zero-order chi connectivity index (χ0) is 14.3. The second-order valence-electron chi connectivity index (χ2n) is 4.80. The predicted octanol–water partition coefficient (Wildman–Crippen LogP) is 1.92. The van der Waals surface area contributed by atoms with Crippen molar-refractivity contribution >= 4 is 17.3 Å². The second kappa shape index (κ2) is 4.32. The van der Waals surface area contributed by atoms with Crippen molar-refractivity contribution in [2.45, 2.75) is 19.0 Å². The van der Waals surface area contributed by atoms with E-state index in [0.717, 1.165) is 0 Å². The van der Waals surface area contributed by atoms with E-state index in [2.05, 4.69) is 5.32 Å². The molecule has 0 aromatic heterocycles. The summed E-state index contributed by atoms with van der Waals surface area (Å²) in [6, 6.07) is 4.22. The maximum atomic E-state index is 12.7. The Bertz CT molecular complexity index is 509. The molecule has 0 heterocycles. The van der Waals surface area contributed by atoms with Crippen molar-refractivity contribution in [3.05, 3.63) is 23.8 Å². The van der Waals surface area contributed by atoms with Gasteiger partial charge in [-0.2, -0.15) is 13.2 Å². The van der Waals surface area contributed by atoms with Gasteiger partial charge in [0, 0.05) is 12.1 Å². The third-order valence-electron chi connectivity index (χ3n) is 3.39. The Morgan fingerprint density at radius 3 is 2.37 bits per heavy atom. The monoisotopic (exact) mass is 273 g/mol. The van der Waals surface area contributed by atoms with Gasteiger partial charge in [-0.1, -0.05) is 0 Å². The molecule has 0 atom stereocenters. The molecule has 2 rings (SSSR count). The van der Waals surface area contributed by atoms with Gasteiger partial charge in [0.15, 0.2) is 0 Å². The second-order valence-corrected chi connectivity index (χ2v) is 4.80. The van der Waals surface area contributed by atoms with Gasteiger partial charge in [0.1, 0.15) is 0 Å². The van der Waals surface area contributed by atoms with E-state index in [1.165, 1.54) is 18.2 Å². The van der Waals surface area contributed by atoms with Gasteiger partial charge in [-0.15, -0.1) is 0 Å². The number of alkyl halides is 3. The van der Waals surface area contributed by atoms with Gasteiger partial charge >= 0.3 is 6.18 Å². The van der Waals surface area contributed by atoms with Crippen LogP contribution >= 0.6 is 0 Å². The number of nitrogens with two attached hydrogens (primary N) is 2. The summed E-state index contributed by atoms with van der Waals surface area (Å²) in [6.07, 6.45) is -4.16. The number of benzene rings is 1. The van der Waals surface area contributed by atoms with Gasteiger partial charge in [0.25, 0.3) is 5.91 Å². The van der Waals surface area contributed by atoms with Crippen LogP contribution in [0.2, 0.25) is 0 Å². The predicted molar refractivity (Wildman–Crippen MR) is 65.3 cm³/mol. The third-order valence-corrected chi connectivity index (χ3v) is 3.39. The SMILES string of the molecule is Nc1ccc(C(=O)NCC2(C(F)(F)F)CC2)cc1N. The molecule has 1 fully saturated rings. The van der Waals surface area contributed by atoms with Crippen LogP contribution in [0.3, 0.4) is 0 Å². The number of rotatable bonds is 3. The first-order valence-corrected chi connectivity index (χ1v) is 5.75. The highest BCUT2D eigenvalue weighted by Gasteiger charge is 2.63. The van der Waals surface area contributed by atoms with Crippen LogP contribution in [0.25, 0.3) is 0 Å². The third kappa shape index (κ3) is 2.59. The Balaban J connectivity index is 2.01. The Kier molecular flexibility index (Phi) is 3.07. The molecule has 4 nitrogen and oxygen atoms in total. The zero-order valence-corrected chi connectivity index (χ0v) is 10.1. The van der Waals surface area contributed by atoms with E-state index in [9.17, 15) is 18.0 Å². The van der Waals surface area contributed by atoms with Gasteiger partial charge in [0.2, 0.25) is 0 Å². The molecule has 1 aromatic rings. The molecule has 1 amide bonds. The van der Waals surface area contributed by atoms with E-state index in [-0.39, 0.29) is 24.1 Å². The number of amides is 1. The molecule has 0 bridgehead atoms. The van der Waals surface area contributed by atoms with E-state index >= 15 is 0 Å².